The second-order valence-electron chi connectivity index (χ2n) is 4.87. The largest absolute Gasteiger partial charge is 0.294 e. The van der Waals surface area contributed by atoms with Gasteiger partial charge in [-0.1, -0.05) is 37.5 Å². The van der Waals surface area contributed by atoms with Crippen molar-refractivity contribution >= 4 is 11.4 Å². The van der Waals surface area contributed by atoms with E-state index in [9.17, 15) is 9.18 Å². The molecule has 1 aliphatic carbocycles. The zero-order chi connectivity index (χ0) is 13.0. The molecule has 0 unspecified atom stereocenters. The molecule has 0 spiro atoms. The first-order chi connectivity index (χ1) is 8.72. The molecule has 0 aliphatic heterocycles. The van der Waals surface area contributed by atoms with Crippen LogP contribution < -0.4 is 0 Å². The van der Waals surface area contributed by atoms with Crippen molar-refractivity contribution in [2.75, 3.05) is 0 Å². The first-order valence-corrected chi connectivity index (χ1v) is 6.73. The first-order valence-electron chi connectivity index (χ1n) is 6.73. The minimum atomic E-state index is -0.271. The maximum Gasteiger partial charge on any atom is 0.163 e. The van der Waals surface area contributed by atoms with Gasteiger partial charge in [-0.2, -0.15) is 0 Å². The number of ketones is 1. The van der Waals surface area contributed by atoms with E-state index in [0.717, 1.165) is 30.4 Å². The van der Waals surface area contributed by atoms with Crippen molar-refractivity contribution in [1.82, 2.24) is 0 Å². The van der Waals surface area contributed by atoms with E-state index in [1.807, 2.05) is 6.07 Å². The van der Waals surface area contributed by atoms with E-state index >= 15 is 0 Å². The van der Waals surface area contributed by atoms with Crippen LogP contribution in [0.2, 0.25) is 0 Å². The summed E-state index contributed by atoms with van der Waals surface area (Å²) in [4.78, 5) is 11.9. The van der Waals surface area contributed by atoms with E-state index in [1.54, 1.807) is 6.07 Å². The average molecular weight is 246 g/mol. The number of carbonyl (C=O) groups is 1. The van der Waals surface area contributed by atoms with Crippen molar-refractivity contribution in [3.63, 3.8) is 0 Å². The number of carbonyl (C=O) groups excluding carboxylic acids is 1. The molecule has 0 heterocycles. The molecule has 0 aromatic heterocycles. The smallest absolute Gasteiger partial charge is 0.163 e. The van der Waals surface area contributed by atoms with Crippen LogP contribution in [0.4, 0.5) is 4.39 Å². The number of Topliss-reactive ketones (excluding diaryl/α,β-unsaturated/α-hetero) is 1. The molecule has 0 radical (unpaired) electrons. The summed E-state index contributed by atoms with van der Waals surface area (Å²) in [6, 6.07) is 6.40. The second kappa shape index (κ2) is 5.94. The lowest BCUT2D eigenvalue weighted by atomic mass is 9.98. The molecular formula is C16H19FO. The number of allylic oxidation sites excluding steroid dienone is 2. The normalized spacial score (nSPS) is 15.6. The van der Waals surface area contributed by atoms with Crippen LogP contribution in [-0.2, 0) is 4.79 Å². The van der Waals surface area contributed by atoms with E-state index in [2.05, 4.69) is 6.92 Å². The molecule has 1 aromatic carbocycles. The van der Waals surface area contributed by atoms with Crippen LogP contribution in [0.15, 0.2) is 29.8 Å². The number of benzene rings is 1. The van der Waals surface area contributed by atoms with Crippen LogP contribution in [0.3, 0.4) is 0 Å². The molecule has 0 amide bonds. The Morgan fingerprint density at radius 1 is 1.22 bits per heavy atom. The molecule has 1 nitrogen and oxygen atoms in total. The molecule has 0 N–H and O–H groups in total. The van der Waals surface area contributed by atoms with Crippen molar-refractivity contribution in [3.05, 3.63) is 41.2 Å². The lowest BCUT2D eigenvalue weighted by Gasteiger charge is -2.06. The van der Waals surface area contributed by atoms with Gasteiger partial charge in [-0.05, 0) is 37.0 Å². The van der Waals surface area contributed by atoms with Gasteiger partial charge in [-0.25, -0.2) is 4.39 Å². The van der Waals surface area contributed by atoms with E-state index in [-0.39, 0.29) is 11.6 Å². The predicted molar refractivity (Wildman–Crippen MR) is 71.7 cm³/mol. The summed E-state index contributed by atoms with van der Waals surface area (Å²) >= 11 is 0. The number of halogens is 1. The third-order valence-corrected chi connectivity index (χ3v) is 3.48. The summed E-state index contributed by atoms with van der Waals surface area (Å²) in [5.41, 5.74) is 2.76. The highest BCUT2D eigenvalue weighted by molar-refractivity contribution is 6.23. The fourth-order valence-corrected chi connectivity index (χ4v) is 2.56. The fraction of sp³-hybridized carbons (Fsp3) is 0.438. The highest BCUT2D eigenvalue weighted by atomic mass is 19.1. The molecule has 2 heteroatoms. The maximum atomic E-state index is 13.2. The van der Waals surface area contributed by atoms with Crippen LogP contribution in [0.5, 0.6) is 0 Å². The lowest BCUT2D eigenvalue weighted by Crippen LogP contribution is -1.96. The number of unbranched alkanes of at least 4 members (excludes halogenated alkanes) is 2. The van der Waals surface area contributed by atoms with Crippen LogP contribution in [0.25, 0.3) is 5.57 Å². The molecule has 1 aromatic rings. The van der Waals surface area contributed by atoms with Gasteiger partial charge in [-0.15, -0.1) is 0 Å². The minimum Gasteiger partial charge on any atom is -0.294 e. The van der Waals surface area contributed by atoms with Gasteiger partial charge in [0.2, 0.25) is 0 Å². The van der Waals surface area contributed by atoms with Crippen LogP contribution in [0, 0.1) is 5.82 Å². The zero-order valence-corrected chi connectivity index (χ0v) is 10.8. The summed E-state index contributed by atoms with van der Waals surface area (Å²) in [5, 5.41) is 0. The molecule has 2 rings (SSSR count). The number of hydrogen-bond acceptors (Lipinski definition) is 1. The van der Waals surface area contributed by atoms with Crippen molar-refractivity contribution in [1.29, 1.82) is 0 Å². The topological polar surface area (TPSA) is 17.1 Å². The molecule has 1 aliphatic rings. The SMILES string of the molecule is CCCCCC1=C(c2cccc(F)c2)C(=O)CC1. The Labute approximate surface area is 108 Å². The summed E-state index contributed by atoms with van der Waals surface area (Å²) in [6.45, 7) is 2.17. The van der Waals surface area contributed by atoms with E-state index < -0.39 is 0 Å². The maximum absolute atomic E-state index is 13.2. The predicted octanol–water partition coefficient (Wildman–Crippen LogP) is 4.52. The van der Waals surface area contributed by atoms with Gasteiger partial charge in [0.15, 0.2) is 5.78 Å². The zero-order valence-electron chi connectivity index (χ0n) is 10.8. The quantitative estimate of drug-likeness (QED) is 0.698. The van der Waals surface area contributed by atoms with Crippen LogP contribution >= 0.6 is 0 Å². The fourth-order valence-electron chi connectivity index (χ4n) is 2.56. The van der Waals surface area contributed by atoms with Crippen molar-refractivity contribution in [3.8, 4) is 0 Å². The molecule has 0 fully saturated rings. The Kier molecular flexibility index (Phi) is 4.29. The Balaban J connectivity index is 2.25. The molecule has 0 saturated heterocycles. The summed E-state index contributed by atoms with van der Waals surface area (Å²) in [7, 11) is 0. The van der Waals surface area contributed by atoms with E-state index in [1.165, 1.54) is 30.5 Å². The number of hydrogen-bond donors (Lipinski definition) is 0. The highest BCUT2D eigenvalue weighted by Crippen LogP contribution is 2.34. The molecule has 0 atom stereocenters. The lowest BCUT2D eigenvalue weighted by molar-refractivity contribution is -0.113. The van der Waals surface area contributed by atoms with Gasteiger partial charge < -0.3 is 0 Å². The monoisotopic (exact) mass is 246 g/mol. The Morgan fingerprint density at radius 3 is 2.78 bits per heavy atom. The van der Waals surface area contributed by atoms with Gasteiger partial charge in [-0.3, -0.25) is 4.79 Å². The van der Waals surface area contributed by atoms with E-state index in [0.29, 0.717) is 6.42 Å². The molecule has 0 bridgehead atoms. The minimum absolute atomic E-state index is 0.173. The third-order valence-electron chi connectivity index (χ3n) is 3.48. The Hall–Kier alpha value is -1.44. The number of rotatable bonds is 5. The third kappa shape index (κ3) is 2.87. The van der Waals surface area contributed by atoms with Crippen molar-refractivity contribution in [2.45, 2.75) is 45.4 Å². The van der Waals surface area contributed by atoms with Crippen molar-refractivity contribution in [2.24, 2.45) is 0 Å². The van der Waals surface area contributed by atoms with Crippen LogP contribution in [0.1, 0.15) is 51.0 Å². The van der Waals surface area contributed by atoms with E-state index in [4.69, 9.17) is 0 Å². The van der Waals surface area contributed by atoms with Crippen LogP contribution in [-0.4, -0.2) is 5.78 Å². The first kappa shape index (κ1) is 13.0. The summed E-state index contributed by atoms with van der Waals surface area (Å²) in [6.07, 6.45) is 5.91. The van der Waals surface area contributed by atoms with Gasteiger partial charge in [0, 0.05) is 12.0 Å². The van der Waals surface area contributed by atoms with Gasteiger partial charge in [0.25, 0.3) is 0 Å². The summed E-state index contributed by atoms with van der Waals surface area (Å²) in [5.74, 6) is -0.0975. The average Bonchev–Trinajstić information content (AvgIpc) is 2.71. The van der Waals surface area contributed by atoms with Gasteiger partial charge in [0.05, 0.1) is 0 Å². The Bertz CT molecular complexity index is 474. The highest BCUT2D eigenvalue weighted by Gasteiger charge is 2.23. The Morgan fingerprint density at radius 2 is 2.06 bits per heavy atom. The second-order valence-corrected chi connectivity index (χ2v) is 4.87. The molecular weight excluding hydrogens is 227 g/mol. The molecule has 96 valence electrons. The van der Waals surface area contributed by atoms with Crippen molar-refractivity contribution < 1.29 is 9.18 Å². The molecule has 0 saturated carbocycles. The van der Waals surface area contributed by atoms with Gasteiger partial charge >= 0.3 is 0 Å². The summed E-state index contributed by atoms with van der Waals surface area (Å²) < 4.78 is 13.2. The molecule has 18 heavy (non-hydrogen) atoms. The standard InChI is InChI=1S/C16H19FO/c1-2-3-4-6-12-9-10-15(18)16(12)13-7-5-8-14(17)11-13/h5,7-8,11H,2-4,6,9-10H2,1H3. The van der Waals surface area contributed by atoms with Gasteiger partial charge in [0.1, 0.15) is 5.82 Å².